The fourth-order valence-electron chi connectivity index (χ4n) is 4.83. The first-order valence-corrected chi connectivity index (χ1v) is 12.3. The van der Waals surface area contributed by atoms with Gasteiger partial charge in [-0.15, -0.1) is 11.3 Å². The molecule has 0 aliphatic carbocycles. The van der Waals surface area contributed by atoms with E-state index in [9.17, 15) is 9.59 Å². The summed E-state index contributed by atoms with van der Waals surface area (Å²) in [5.41, 5.74) is 5.76. The zero-order valence-corrected chi connectivity index (χ0v) is 19.8. The van der Waals surface area contributed by atoms with E-state index in [1.54, 1.807) is 6.20 Å². The largest absolute Gasteiger partial charge is 0.334 e. The number of aryl methyl sites for hydroxylation is 2. The lowest BCUT2D eigenvalue weighted by molar-refractivity contribution is -0.117. The molecule has 0 bridgehead atoms. The number of aromatic nitrogens is 1. The van der Waals surface area contributed by atoms with Gasteiger partial charge < -0.3 is 9.80 Å². The van der Waals surface area contributed by atoms with Crippen molar-refractivity contribution in [2.75, 3.05) is 37.6 Å². The van der Waals surface area contributed by atoms with Crippen molar-refractivity contribution in [3.63, 3.8) is 0 Å². The second-order valence-electron chi connectivity index (χ2n) is 8.90. The molecular weight excluding hydrogens is 432 g/mol. The van der Waals surface area contributed by atoms with Crippen molar-refractivity contribution in [2.24, 2.45) is 0 Å². The standard InChI is InChI=1S/C26H28N4O2S/c1-18-6-7-19(2)23(14-18)20-4-3-5-21(15-20)30-17-22(16-24(30)31)28-9-11-29(12-10-28)26(32)25-27-8-13-33-25/h3-8,13-15,22H,9-12,16-17H2,1-2H3. The fourth-order valence-corrected chi connectivity index (χ4v) is 5.43. The molecule has 6 nitrogen and oxygen atoms in total. The van der Waals surface area contributed by atoms with E-state index >= 15 is 0 Å². The summed E-state index contributed by atoms with van der Waals surface area (Å²) in [5.74, 6) is 0.177. The van der Waals surface area contributed by atoms with Gasteiger partial charge in [0.15, 0.2) is 5.01 Å². The van der Waals surface area contributed by atoms with Crippen LogP contribution in [0.1, 0.15) is 27.3 Å². The van der Waals surface area contributed by atoms with Crippen LogP contribution >= 0.6 is 11.3 Å². The Balaban J connectivity index is 1.26. The number of carbonyl (C=O) groups is 2. The molecule has 2 aromatic carbocycles. The average molecular weight is 461 g/mol. The van der Waals surface area contributed by atoms with E-state index in [0.717, 1.165) is 24.3 Å². The number of amides is 2. The van der Waals surface area contributed by atoms with Gasteiger partial charge in [0.25, 0.3) is 5.91 Å². The summed E-state index contributed by atoms with van der Waals surface area (Å²) < 4.78 is 0. The van der Waals surface area contributed by atoms with Gasteiger partial charge in [-0.25, -0.2) is 4.98 Å². The molecule has 1 unspecified atom stereocenters. The Morgan fingerprint density at radius 3 is 2.64 bits per heavy atom. The molecule has 170 valence electrons. The maximum atomic E-state index is 13.0. The molecule has 0 radical (unpaired) electrons. The highest BCUT2D eigenvalue weighted by atomic mass is 32.1. The van der Waals surface area contributed by atoms with E-state index in [0.29, 0.717) is 31.1 Å². The molecule has 0 spiro atoms. The van der Waals surface area contributed by atoms with Gasteiger partial charge in [0.2, 0.25) is 5.91 Å². The Kier molecular flexibility index (Phi) is 6.00. The van der Waals surface area contributed by atoms with E-state index in [4.69, 9.17) is 0 Å². The van der Waals surface area contributed by atoms with Crippen molar-refractivity contribution in [1.82, 2.24) is 14.8 Å². The van der Waals surface area contributed by atoms with Crippen LogP contribution in [0.3, 0.4) is 0 Å². The number of anilines is 1. The molecule has 3 heterocycles. The van der Waals surface area contributed by atoms with Crippen LogP contribution < -0.4 is 4.90 Å². The molecule has 0 N–H and O–H groups in total. The number of hydrogen-bond acceptors (Lipinski definition) is 5. The molecule has 2 fully saturated rings. The lowest BCUT2D eigenvalue weighted by Gasteiger charge is -2.37. The fraction of sp³-hybridized carbons (Fsp3) is 0.346. The van der Waals surface area contributed by atoms with Crippen molar-refractivity contribution >= 4 is 28.8 Å². The van der Waals surface area contributed by atoms with Crippen LogP contribution in [0.5, 0.6) is 0 Å². The molecule has 0 saturated carbocycles. The number of hydrogen-bond donors (Lipinski definition) is 0. The highest BCUT2D eigenvalue weighted by Crippen LogP contribution is 2.31. The van der Waals surface area contributed by atoms with Gasteiger partial charge in [-0.1, -0.05) is 35.9 Å². The smallest absolute Gasteiger partial charge is 0.282 e. The zero-order valence-electron chi connectivity index (χ0n) is 19.0. The minimum Gasteiger partial charge on any atom is -0.334 e. The predicted molar refractivity (Wildman–Crippen MR) is 132 cm³/mol. The van der Waals surface area contributed by atoms with Crippen molar-refractivity contribution in [3.05, 3.63) is 70.2 Å². The summed E-state index contributed by atoms with van der Waals surface area (Å²) >= 11 is 1.38. The van der Waals surface area contributed by atoms with Crippen LogP contribution in [-0.2, 0) is 4.79 Å². The van der Waals surface area contributed by atoms with Crippen LogP contribution in [0.25, 0.3) is 11.1 Å². The van der Waals surface area contributed by atoms with E-state index < -0.39 is 0 Å². The Hall–Kier alpha value is -3.03. The van der Waals surface area contributed by atoms with Crippen molar-refractivity contribution < 1.29 is 9.59 Å². The summed E-state index contributed by atoms with van der Waals surface area (Å²) in [6, 6.07) is 15.0. The number of benzene rings is 2. The lowest BCUT2D eigenvalue weighted by atomic mass is 9.98. The molecular formula is C26H28N4O2S. The highest BCUT2D eigenvalue weighted by Gasteiger charge is 2.36. The number of piperazine rings is 1. The Morgan fingerprint density at radius 1 is 1.06 bits per heavy atom. The topological polar surface area (TPSA) is 56.8 Å². The molecule has 3 aromatic rings. The first kappa shape index (κ1) is 21.8. The monoisotopic (exact) mass is 460 g/mol. The number of nitrogens with zero attached hydrogens (tertiary/aromatic N) is 4. The molecule has 1 atom stereocenters. The Labute approximate surface area is 198 Å². The maximum Gasteiger partial charge on any atom is 0.282 e. The third-order valence-electron chi connectivity index (χ3n) is 6.70. The lowest BCUT2D eigenvalue weighted by Crippen LogP contribution is -2.52. The van der Waals surface area contributed by atoms with Crippen LogP contribution in [0.2, 0.25) is 0 Å². The molecule has 7 heteroatoms. The molecule has 5 rings (SSSR count). The minimum absolute atomic E-state index is 0.0111. The molecule has 2 aliphatic rings. The van der Waals surface area contributed by atoms with Crippen molar-refractivity contribution in [2.45, 2.75) is 26.3 Å². The van der Waals surface area contributed by atoms with Gasteiger partial charge in [0, 0.05) is 62.5 Å². The van der Waals surface area contributed by atoms with E-state index in [1.807, 2.05) is 27.3 Å². The highest BCUT2D eigenvalue weighted by molar-refractivity contribution is 7.11. The van der Waals surface area contributed by atoms with Crippen molar-refractivity contribution in [1.29, 1.82) is 0 Å². The van der Waals surface area contributed by atoms with Gasteiger partial charge in [-0.05, 0) is 42.7 Å². The van der Waals surface area contributed by atoms with E-state index in [-0.39, 0.29) is 17.9 Å². The number of rotatable bonds is 4. The van der Waals surface area contributed by atoms with Crippen LogP contribution in [-0.4, -0.2) is 65.4 Å². The number of carbonyl (C=O) groups excluding carboxylic acids is 2. The van der Waals surface area contributed by atoms with Gasteiger partial charge in [0.1, 0.15) is 0 Å². The molecule has 2 amide bonds. The summed E-state index contributed by atoms with van der Waals surface area (Å²) in [5, 5.41) is 2.38. The molecule has 2 aliphatic heterocycles. The normalized spacial score (nSPS) is 19.3. The molecule has 2 saturated heterocycles. The van der Waals surface area contributed by atoms with Gasteiger partial charge >= 0.3 is 0 Å². The van der Waals surface area contributed by atoms with Crippen LogP contribution in [0.4, 0.5) is 5.69 Å². The third kappa shape index (κ3) is 4.43. The first-order valence-electron chi connectivity index (χ1n) is 11.4. The summed E-state index contributed by atoms with van der Waals surface area (Å²) in [4.78, 5) is 35.8. The SMILES string of the molecule is Cc1ccc(C)c(-c2cccc(N3CC(N4CCN(C(=O)c5nccs5)CC4)CC3=O)c2)c1. The average Bonchev–Trinajstić information content (AvgIpc) is 3.51. The Bertz CT molecular complexity index is 1170. The van der Waals surface area contributed by atoms with E-state index in [1.165, 1.54) is 28.0 Å². The predicted octanol–water partition coefficient (Wildman–Crippen LogP) is 3.99. The summed E-state index contributed by atoms with van der Waals surface area (Å²) in [6.45, 7) is 7.83. The molecule has 33 heavy (non-hydrogen) atoms. The second-order valence-corrected chi connectivity index (χ2v) is 9.79. The summed E-state index contributed by atoms with van der Waals surface area (Å²) in [6.07, 6.45) is 2.19. The minimum atomic E-state index is 0.0111. The summed E-state index contributed by atoms with van der Waals surface area (Å²) in [7, 11) is 0. The quantitative estimate of drug-likeness (QED) is 0.591. The van der Waals surface area contributed by atoms with Gasteiger partial charge in [0.05, 0.1) is 0 Å². The van der Waals surface area contributed by atoms with Gasteiger partial charge in [-0.3, -0.25) is 14.5 Å². The van der Waals surface area contributed by atoms with Gasteiger partial charge in [-0.2, -0.15) is 0 Å². The van der Waals surface area contributed by atoms with Crippen LogP contribution in [0, 0.1) is 13.8 Å². The maximum absolute atomic E-state index is 13.0. The molecule has 1 aromatic heterocycles. The Morgan fingerprint density at radius 2 is 1.88 bits per heavy atom. The third-order valence-corrected chi connectivity index (χ3v) is 7.46. The van der Waals surface area contributed by atoms with Crippen molar-refractivity contribution in [3.8, 4) is 11.1 Å². The van der Waals surface area contributed by atoms with Crippen LogP contribution in [0.15, 0.2) is 54.0 Å². The first-order chi connectivity index (χ1) is 16.0. The van der Waals surface area contributed by atoms with E-state index in [2.05, 4.69) is 54.1 Å². The number of thiazole rings is 1. The second kappa shape index (κ2) is 9.08. The zero-order chi connectivity index (χ0) is 22.9.